The Kier molecular flexibility index (Phi) is 3.32. The zero-order valence-electron chi connectivity index (χ0n) is 14.0. The van der Waals surface area contributed by atoms with Crippen LogP contribution in [0.1, 0.15) is 48.6 Å². The molecule has 21 heavy (non-hydrogen) atoms. The minimum absolute atomic E-state index is 0.521. The first kappa shape index (κ1) is 14.2. The highest BCUT2D eigenvalue weighted by atomic mass is 15.0. The van der Waals surface area contributed by atoms with Crippen molar-refractivity contribution in [3.05, 3.63) is 46.5 Å². The molecule has 0 bridgehead atoms. The minimum Gasteiger partial charge on any atom is -0.337 e. The molecule has 3 rings (SSSR count). The fraction of sp³-hybridized carbons (Fsp3) is 0.400. The second-order valence-corrected chi connectivity index (χ2v) is 6.58. The number of fused-ring (bicyclic) bond motifs is 3. The number of rotatable bonds is 2. The van der Waals surface area contributed by atoms with Crippen LogP contribution < -0.4 is 0 Å². The van der Waals surface area contributed by atoms with Crippen molar-refractivity contribution >= 4 is 21.8 Å². The molecule has 0 amide bonds. The summed E-state index contributed by atoms with van der Waals surface area (Å²) >= 11 is 0. The van der Waals surface area contributed by atoms with Crippen LogP contribution in [0.5, 0.6) is 0 Å². The van der Waals surface area contributed by atoms with Gasteiger partial charge in [0.2, 0.25) is 0 Å². The van der Waals surface area contributed by atoms with E-state index in [9.17, 15) is 0 Å². The van der Waals surface area contributed by atoms with E-state index in [0.717, 1.165) is 6.42 Å². The van der Waals surface area contributed by atoms with Crippen molar-refractivity contribution in [2.75, 3.05) is 0 Å². The zero-order chi connectivity index (χ0) is 15.3. The van der Waals surface area contributed by atoms with Gasteiger partial charge in [-0.25, -0.2) is 0 Å². The van der Waals surface area contributed by atoms with Crippen LogP contribution in [0.3, 0.4) is 0 Å². The van der Waals surface area contributed by atoms with Gasteiger partial charge < -0.3 is 4.57 Å². The van der Waals surface area contributed by atoms with Crippen molar-refractivity contribution in [3.63, 3.8) is 0 Å². The topological polar surface area (TPSA) is 4.93 Å². The van der Waals surface area contributed by atoms with Crippen LogP contribution in [0.4, 0.5) is 0 Å². The molecule has 2 aromatic carbocycles. The lowest BCUT2D eigenvalue weighted by molar-refractivity contribution is 0.561. The fourth-order valence-corrected chi connectivity index (χ4v) is 3.71. The van der Waals surface area contributed by atoms with E-state index in [-0.39, 0.29) is 0 Å². The van der Waals surface area contributed by atoms with Crippen LogP contribution in [0.2, 0.25) is 0 Å². The molecule has 1 heteroatoms. The first-order chi connectivity index (χ1) is 9.93. The maximum atomic E-state index is 2.56. The van der Waals surface area contributed by atoms with Crippen molar-refractivity contribution in [3.8, 4) is 0 Å². The van der Waals surface area contributed by atoms with Crippen molar-refractivity contribution in [1.29, 1.82) is 0 Å². The number of benzene rings is 2. The number of aryl methyl sites for hydroxylation is 4. The lowest BCUT2D eigenvalue weighted by Gasteiger charge is -2.17. The molecule has 3 aromatic rings. The summed E-state index contributed by atoms with van der Waals surface area (Å²) in [6, 6.07) is 9.84. The van der Waals surface area contributed by atoms with Gasteiger partial charge in [-0.3, -0.25) is 0 Å². The van der Waals surface area contributed by atoms with Crippen LogP contribution >= 0.6 is 0 Å². The van der Waals surface area contributed by atoms with E-state index in [2.05, 4.69) is 70.4 Å². The molecule has 0 saturated carbocycles. The fourth-order valence-electron chi connectivity index (χ4n) is 3.71. The van der Waals surface area contributed by atoms with Gasteiger partial charge >= 0.3 is 0 Å². The second kappa shape index (κ2) is 4.91. The Morgan fingerprint density at radius 3 is 1.62 bits per heavy atom. The third-order valence-corrected chi connectivity index (χ3v) is 4.69. The molecule has 1 nitrogen and oxygen atoms in total. The molecule has 0 aliphatic rings. The monoisotopic (exact) mass is 279 g/mol. The lowest BCUT2D eigenvalue weighted by atomic mass is 10.0. The van der Waals surface area contributed by atoms with Gasteiger partial charge in [-0.1, -0.05) is 30.2 Å². The summed E-state index contributed by atoms with van der Waals surface area (Å²) < 4.78 is 2.56. The minimum atomic E-state index is 0.521. The highest BCUT2D eigenvalue weighted by Crippen LogP contribution is 2.37. The summed E-state index contributed by atoms with van der Waals surface area (Å²) in [4.78, 5) is 0. The molecule has 1 aromatic heterocycles. The van der Waals surface area contributed by atoms with Gasteiger partial charge in [0.15, 0.2) is 0 Å². The smallest absolute Gasteiger partial charge is 0.0523 e. The van der Waals surface area contributed by atoms with Gasteiger partial charge in [0.1, 0.15) is 0 Å². The molecule has 1 atom stereocenters. The summed E-state index contributed by atoms with van der Waals surface area (Å²) in [6.45, 7) is 13.5. The van der Waals surface area contributed by atoms with E-state index in [1.165, 1.54) is 44.1 Å². The SMILES string of the molecule is CCC(C)n1c2c(C)cc(C)cc2c2cc(C)cc(C)c21. The van der Waals surface area contributed by atoms with Crippen LogP contribution in [0.25, 0.3) is 21.8 Å². The lowest BCUT2D eigenvalue weighted by Crippen LogP contribution is -2.05. The van der Waals surface area contributed by atoms with Gasteiger partial charge in [-0.15, -0.1) is 0 Å². The van der Waals surface area contributed by atoms with E-state index in [4.69, 9.17) is 0 Å². The third-order valence-electron chi connectivity index (χ3n) is 4.69. The number of hydrogen-bond acceptors (Lipinski definition) is 0. The largest absolute Gasteiger partial charge is 0.337 e. The zero-order valence-corrected chi connectivity index (χ0v) is 14.0. The second-order valence-electron chi connectivity index (χ2n) is 6.58. The van der Waals surface area contributed by atoms with Crippen LogP contribution in [-0.2, 0) is 0 Å². The summed E-state index contributed by atoms with van der Waals surface area (Å²) in [5.41, 5.74) is 8.30. The predicted molar refractivity (Wildman–Crippen MR) is 93.4 cm³/mol. The van der Waals surface area contributed by atoms with Crippen molar-refractivity contribution in [2.45, 2.75) is 54.0 Å². The van der Waals surface area contributed by atoms with Crippen LogP contribution in [0.15, 0.2) is 24.3 Å². The Morgan fingerprint density at radius 2 is 1.24 bits per heavy atom. The molecule has 0 fully saturated rings. The first-order valence-corrected chi connectivity index (χ1v) is 7.96. The maximum Gasteiger partial charge on any atom is 0.0523 e. The Hall–Kier alpha value is -1.76. The normalized spacial score (nSPS) is 13.2. The Balaban J connectivity index is 2.62. The van der Waals surface area contributed by atoms with Gasteiger partial charge in [0.05, 0.1) is 11.0 Å². The maximum absolute atomic E-state index is 2.56. The van der Waals surface area contributed by atoms with Crippen molar-refractivity contribution < 1.29 is 0 Å². The molecule has 0 saturated heterocycles. The molecule has 110 valence electrons. The Bertz CT molecular complexity index is 771. The van der Waals surface area contributed by atoms with Crippen LogP contribution in [0, 0.1) is 27.7 Å². The number of aromatic nitrogens is 1. The molecule has 0 spiro atoms. The first-order valence-electron chi connectivity index (χ1n) is 7.96. The summed E-state index contributed by atoms with van der Waals surface area (Å²) in [5.74, 6) is 0. The van der Waals surface area contributed by atoms with Crippen LogP contribution in [-0.4, -0.2) is 4.57 Å². The highest BCUT2D eigenvalue weighted by molar-refractivity contribution is 6.10. The molecule has 0 N–H and O–H groups in total. The molecule has 1 heterocycles. The molecule has 0 aliphatic heterocycles. The molecular formula is C20H25N. The van der Waals surface area contributed by atoms with Crippen molar-refractivity contribution in [1.82, 2.24) is 4.57 Å². The standard InChI is InChI=1S/C20H25N/c1-7-16(6)21-19-14(4)8-12(2)10-17(19)18-11-13(3)9-15(5)20(18)21/h8-11,16H,7H2,1-6H3. The van der Waals surface area contributed by atoms with Gasteiger partial charge in [0.25, 0.3) is 0 Å². The predicted octanol–water partition coefficient (Wildman–Crippen LogP) is 6.00. The van der Waals surface area contributed by atoms with Crippen molar-refractivity contribution in [2.24, 2.45) is 0 Å². The highest BCUT2D eigenvalue weighted by Gasteiger charge is 2.18. The van der Waals surface area contributed by atoms with Gasteiger partial charge in [-0.05, 0) is 64.3 Å². The molecule has 0 radical (unpaired) electrons. The Morgan fingerprint density at radius 1 is 0.810 bits per heavy atom. The molecule has 1 unspecified atom stereocenters. The quantitative estimate of drug-likeness (QED) is 0.542. The Labute approximate surface area is 127 Å². The molecule has 0 aliphatic carbocycles. The van der Waals surface area contributed by atoms with Gasteiger partial charge in [-0.2, -0.15) is 0 Å². The van der Waals surface area contributed by atoms with E-state index in [1.807, 2.05) is 0 Å². The summed E-state index contributed by atoms with van der Waals surface area (Å²) in [5, 5.41) is 2.82. The van der Waals surface area contributed by atoms with E-state index in [0.29, 0.717) is 6.04 Å². The average molecular weight is 279 g/mol. The third kappa shape index (κ3) is 2.07. The molecular weight excluding hydrogens is 254 g/mol. The van der Waals surface area contributed by atoms with E-state index >= 15 is 0 Å². The number of nitrogens with zero attached hydrogens (tertiary/aromatic N) is 1. The number of hydrogen-bond donors (Lipinski definition) is 0. The van der Waals surface area contributed by atoms with Gasteiger partial charge in [0, 0.05) is 16.8 Å². The summed E-state index contributed by atoms with van der Waals surface area (Å²) in [7, 11) is 0. The average Bonchev–Trinajstić information content (AvgIpc) is 2.73. The van der Waals surface area contributed by atoms with E-state index in [1.54, 1.807) is 0 Å². The summed E-state index contributed by atoms with van der Waals surface area (Å²) in [6.07, 6.45) is 1.15. The van der Waals surface area contributed by atoms with E-state index < -0.39 is 0 Å².